The van der Waals surface area contributed by atoms with E-state index >= 15 is 0 Å². The molecule has 0 radical (unpaired) electrons. The summed E-state index contributed by atoms with van der Waals surface area (Å²) in [5.41, 5.74) is 3.01. The van der Waals surface area contributed by atoms with Crippen molar-refractivity contribution >= 4 is 34.1 Å². The van der Waals surface area contributed by atoms with Crippen LogP contribution in [0.2, 0.25) is 0 Å². The van der Waals surface area contributed by atoms with Crippen LogP contribution in [0.3, 0.4) is 0 Å². The highest BCUT2D eigenvalue weighted by molar-refractivity contribution is 8.23. The highest BCUT2D eigenvalue weighted by Crippen LogP contribution is 2.20. The fourth-order valence-corrected chi connectivity index (χ4v) is 3.56. The van der Waals surface area contributed by atoms with Crippen LogP contribution in [0.5, 0.6) is 0 Å². The number of thioether (sulfide) groups is 1. The number of ketones is 1. The number of Topliss-reactive ketones (excluding diaryl/α,β-unsaturated/α-hetero) is 1. The fourth-order valence-electron chi connectivity index (χ4n) is 2.26. The molecule has 0 aliphatic rings. The van der Waals surface area contributed by atoms with E-state index in [2.05, 4.69) is 30.9 Å². The Morgan fingerprint density at radius 2 is 1.52 bits per heavy atom. The summed E-state index contributed by atoms with van der Waals surface area (Å²) in [5.74, 6) is 0.504. The number of carbonyl (C=O) groups excluding carboxylic acids is 1. The Kier molecular flexibility index (Phi) is 6.81. The minimum atomic E-state index is 0.115. The molecular weight excluding hydrogens is 322 g/mol. The Labute approximate surface area is 147 Å². The fraction of sp³-hybridized carbons (Fsp3) is 0.263. The molecule has 0 heterocycles. The average molecular weight is 344 g/mol. The van der Waals surface area contributed by atoms with Gasteiger partial charge in [0.25, 0.3) is 0 Å². The van der Waals surface area contributed by atoms with Crippen molar-refractivity contribution in [2.45, 2.75) is 13.8 Å². The molecule has 120 valence electrons. The van der Waals surface area contributed by atoms with E-state index in [4.69, 9.17) is 12.2 Å². The van der Waals surface area contributed by atoms with Crippen LogP contribution in [0, 0.1) is 0 Å². The van der Waals surface area contributed by atoms with Crippen molar-refractivity contribution in [1.82, 2.24) is 4.90 Å². The average Bonchev–Trinajstić information content (AvgIpc) is 2.61. The number of hydrogen-bond donors (Lipinski definition) is 0. The largest absolute Gasteiger partial charge is 0.358 e. The van der Waals surface area contributed by atoms with Gasteiger partial charge in [-0.05, 0) is 25.0 Å². The molecule has 0 fully saturated rings. The van der Waals surface area contributed by atoms with Crippen LogP contribution in [0.4, 0.5) is 0 Å². The molecule has 0 N–H and O–H groups in total. The molecule has 0 aliphatic heterocycles. The molecule has 23 heavy (non-hydrogen) atoms. The molecule has 2 aromatic carbocycles. The van der Waals surface area contributed by atoms with Crippen molar-refractivity contribution in [1.29, 1.82) is 0 Å². The Morgan fingerprint density at radius 3 is 2.09 bits per heavy atom. The third kappa shape index (κ3) is 4.91. The molecule has 2 rings (SSSR count). The number of rotatable bonds is 6. The minimum absolute atomic E-state index is 0.115. The zero-order valence-corrected chi connectivity index (χ0v) is 15.1. The summed E-state index contributed by atoms with van der Waals surface area (Å²) in [5, 5.41) is 0. The van der Waals surface area contributed by atoms with Crippen molar-refractivity contribution < 1.29 is 4.79 Å². The van der Waals surface area contributed by atoms with Crippen LogP contribution in [-0.2, 0) is 0 Å². The second kappa shape index (κ2) is 8.85. The van der Waals surface area contributed by atoms with Crippen molar-refractivity contribution in [2.75, 3.05) is 18.8 Å². The molecule has 2 nitrogen and oxygen atoms in total. The Morgan fingerprint density at radius 1 is 0.957 bits per heavy atom. The summed E-state index contributed by atoms with van der Waals surface area (Å²) in [6, 6.07) is 17.9. The molecule has 0 spiro atoms. The van der Waals surface area contributed by atoms with Crippen LogP contribution in [0.15, 0.2) is 54.6 Å². The summed E-state index contributed by atoms with van der Waals surface area (Å²) in [4.78, 5) is 14.4. The van der Waals surface area contributed by atoms with Crippen LogP contribution in [-0.4, -0.2) is 33.8 Å². The normalized spacial score (nSPS) is 10.3. The SMILES string of the molecule is CCN(CC)C(=S)SCC(=O)c1ccc(-c2ccccc2)cc1. The van der Waals surface area contributed by atoms with Crippen LogP contribution < -0.4 is 0 Å². The van der Waals surface area contributed by atoms with Gasteiger partial charge in [0.15, 0.2) is 5.78 Å². The maximum absolute atomic E-state index is 12.3. The number of hydrogen-bond acceptors (Lipinski definition) is 3. The van der Waals surface area contributed by atoms with E-state index in [1.807, 2.05) is 42.5 Å². The van der Waals surface area contributed by atoms with Gasteiger partial charge in [0.2, 0.25) is 0 Å². The smallest absolute Gasteiger partial charge is 0.173 e. The van der Waals surface area contributed by atoms with E-state index in [-0.39, 0.29) is 5.78 Å². The van der Waals surface area contributed by atoms with Gasteiger partial charge in [-0.3, -0.25) is 4.79 Å². The lowest BCUT2D eigenvalue weighted by Crippen LogP contribution is -2.27. The highest BCUT2D eigenvalue weighted by atomic mass is 32.2. The molecule has 0 aromatic heterocycles. The van der Waals surface area contributed by atoms with E-state index in [0.29, 0.717) is 5.75 Å². The topological polar surface area (TPSA) is 20.3 Å². The van der Waals surface area contributed by atoms with Crippen molar-refractivity contribution in [2.24, 2.45) is 0 Å². The van der Waals surface area contributed by atoms with Gasteiger partial charge in [0, 0.05) is 18.7 Å². The Bertz CT molecular complexity index is 649. The van der Waals surface area contributed by atoms with Crippen molar-refractivity contribution in [3.63, 3.8) is 0 Å². The molecular formula is C19H21NOS2. The van der Waals surface area contributed by atoms with E-state index < -0.39 is 0 Å². The lowest BCUT2D eigenvalue weighted by molar-refractivity contribution is 0.102. The molecule has 0 aliphatic carbocycles. The maximum Gasteiger partial charge on any atom is 0.173 e. The molecule has 0 bridgehead atoms. The second-order valence-electron chi connectivity index (χ2n) is 5.09. The van der Waals surface area contributed by atoms with Crippen LogP contribution >= 0.6 is 24.0 Å². The van der Waals surface area contributed by atoms with E-state index in [9.17, 15) is 4.79 Å². The number of carbonyl (C=O) groups is 1. The third-order valence-corrected chi connectivity index (χ3v) is 5.19. The molecule has 0 saturated carbocycles. The Hall–Kier alpha value is -1.65. The molecule has 2 aromatic rings. The number of thiocarbonyl (C=S) groups is 1. The summed E-state index contributed by atoms with van der Waals surface area (Å²) in [7, 11) is 0. The predicted octanol–water partition coefficient (Wildman–Crippen LogP) is 4.90. The van der Waals surface area contributed by atoms with Gasteiger partial charge >= 0.3 is 0 Å². The third-order valence-electron chi connectivity index (χ3n) is 3.66. The highest BCUT2D eigenvalue weighted by Gasteiger charge is 2.11. The minimum Gasteiger partial charge on any atom is -0.358 e. The quantitative estimate of drug-likeness (QED) is 0.549. The predicted molar refractivity (Wildman–Crippen MR) is 104 cm³/mol. The van der Waals surface area contributed by atoms with Gasteiger partial charge in [-0.1, -0.05) is 78.6 Å². The van der Waals surface area contributed by atoms with Gasteiger partial charge in [-0.15, -0.1) is 0 Å². The summed E-state index contributed by atoms with van der Waals surface area (Å²) >= 11 is 6.81. The van der Waals surface area contributed by atoms with Gasteiger partial charge in [0.05, 0.1) is 5.75 Å². The lowest BCUT2D eigenvalue weighted by atomic mass is 10.0. The van der Waals surface area contributed by atoms with Gasteiger partial charge in [-0.2, -0.15) is 0 Å². The van der Waals surface area contributed by atoms with E-state index in [0.717, 1.165) is 34.1 Å². The Balaban J connectivity index is 1.97. The number of benzene rings is 2. The molecule has 0 saturated heterocycles. The molecule has 0 amide bonds. The van der Waals surface area contributed by atoms with Gasteiger partial charge in [-0.25, -0.2) is 0 Å². The summed E-state index contributed by atoms with van der Waals surface area (Å²) in [6.07, 6.45) is 0. The van der Waals surface area contributed by atoms with Gasteiger partial charge < -0.3 is 4.90 Å². The second-order valence-corrected chi connectivity index (χ2v) is 6.70. The van der Waals surface area contributed by atoms with Gasteiger partial charge in [0.1, 0.15) is 4.32 Å². The first kappa shape index (κ1) is 17.7. The summed E-state index contributed by atoms with van der Waals surface area (Å²) < 4.78 is 0.796. The van der Waals surface area contributed by atoms with Crippen LogP contribution in [0.25, 0.3) is 11.1 Å². The molecule has 0 unspecified atom stereocenters. The first-order chi connectivity index (χ1) is 11.2. The standard InChI is InChI=1S/C19H21NOS2/c1-3-20(4-2)19(22)23-14-18(21)17-12-10-16(11-13-17)15-8-6-5-7-9-15/h5-13H,3-4,14H2,1-2H3. The number of nitrogens with zero attached hydrogens (tertiary/aromatic N) is 1. The first-order valence-electron chi connectivity index (χ1n) is 7.76. The molecule has 4 heteroatoms. The summed E-state index contributed by atoms with van der Waals surface area (Å²) in [6.45, 7) is 5.89. The van der Waals surface area contributed by atoms with Crippen molar-refractivity contribution in [3.05, 3.63) is 60.2 Å². The molecule has 0 atom stereocenters. The van der Waals surface area contributed by atoms with Crippen molar-refractivity contribution in [3.8, 4) is 11.1 Å². The first-order valence-corrected chi connectivity index (χ1v) is 9.15. The maximum atomic E-state index is 12.3. The lowest BCUT2D eigenvalue weighted by Gasteiger charge is -2.20. The monoisotopic (exact) mass is 343 g/mol. The van der Waals surface area contributed by atoms with E-state index in [1.54, 1.807) is 0 Å². The zero-order valence-electron chi connectivity index (χ0n) is 13.5. The van der Waals surface area contributed by atoms with Crippen LogP contribution in [0.1, 0.15) is 24.2 Å². The van der Waals surface area contributed by atoms with E-state index in [1.165, 1.54) is 11.8 Å². The zero-order chi connectivity index (χ0) is 16.7.